The number of carbonyl (C=O) groups excluding carboxylic acids is 1. The smallest absolute Gasteiger partial charge is 0.265 e. The van der Waals surface area contributed by atoms with Crippen LogP contribution in [-0.4, -0.2) is 12.0 Å². The van der Waals surface area contributed by atoms with Gasteiger partial charge in [-0.1, -0.05) is 35.3 Å². The topological polar surface area (TPSA) is 62.1 Å². The molecule has 22 heavy (non-hydrogen) atoms. The van der Waals surface area contributed by atoms with Crippen molar-refractivity contribution in [1.82, 2.24) is 0 Å². The molecular weight excluding hydrogens is 323 g/mol. The predicted molar refractivity (Wildman–Crippen MR) is 86.3 cm³/mol. The summed E-state index contributed by atoms with van der Waals surface area (Å²) in [6.07, 6.45) is -0.776. The molecule has 0 heterocycles. The summed E-state index contributed by atoms with van der Waals surface area (Å²) in [5.41, 5.74) is 0.932. The van der Waals surface area contributed by atoms with E-state index in [1.807, 2.05) is 6.07 Å². The normalized spacial score (nSPS) is 11.4. The number of halogens is 2. The zero-order valence-electron chi connectivity index (χ0n) is 11.6. The first-order valence-electron chi connectivity index (χ1n) is 6.43. The lowest BCUT2D eigenvalue weighted by Gasteiger charge is -2.16. The number of nitrogens with one attached hydrogen (secondary N) is 1. The maximum absolute atomic E-state index is 12.1. The number of carbonyl (C=O) groups is 1. The van der Waals surface area contributed by atoms with Crippen LogP contribution in [0.1, 0.15) is 12.5 Å². The van der Waals surface area contributed by atoms with E-state index in [-0.39, 0.29) is 10.9 Å². The molecule has 4 nitrogen and oxygen atoms in total. The quantitative estimate of drug-likeness (QED) is 0.907. The van der Waals surface area contributed by atoms with Crippen molar-refractivity contribution in [3.8, 4) is 11.8 Å². The summed E-state index contributed by atoms with van der Waals surface area (Å²) in [5.74, 6) is -0.0176. The van der Waals surface area contributed by atoms with Crippen molar-refractivity contribution in [1.29, 1.82) is 5.26 Å². The third-order valence-electron chi connectivity index (χ3n) is 2.87. The SMILES string of the molecule is C[C@H](Oc1ccc(C#N)cc1Cl)C(=O)Nc1ccccc1Cl. The average molecular weight is 335 g/mol. The van der Waals surface area contributed by atoms with Gasteiger partial charge in [0, 0.05) is 0 Å². The molecule has 0 fully saturated rings. The Morgan fingerprint density at radius 3 is 2.59 bits per heavy atom. The molecule has 0 aliphatic heterocycles. The first-order valence-corrected chi connectivity index (χ1v) is 7.18. The van der Waals surface area contributed by atoms with E-state index in [1.54, 1.807) is 43.3 Å². The van der Waals surface area contributed by atoms with Crippen molar-refractivity contribution in [2.75, 3.05) is 5.32 Å². The van der Waals surface area contributed by atoms with Crippen LogP contribution in [0.3, 0.4) is 0 Å². The number of anilines is 1. The molecule has 2 rings (SSSR count). The van der Waals surface area contributed by atoms with Gasteiger partial charge in [-0.15, -0.1) is 0 Å². The van der Waals surface area contributed by atoms with Crippen LogP contribution < -0.4 is 10.1 Å². The summed E-state index contributed by atoms with van der Waals surface area (Å²) < 4.78 is 5.52. The van der Waals surface area contributed by atoms with Gasteiger partial charge in [-0.3, -0.25) is 4.79 Å². The van der Waals surface area contributed by atoms with Gasteiger partial charge in [0.05, 0.1) is 27.4 Å². The molecule has 0 spiro atoms. The summed E-state index contributed by atoms with van der Waals surface area (Å²) in [5, 5.41) is 12.2. The minimum atomic E-state index is -0.776. The van der Waals surface area contributed by atoms with Crippen LogP contribution in [0.15, 0.2) is 42.5 Å². The van der Waals surface area contributed by atoms with Gasteiger partial charge in [-0.25, -0.2) is 0 Å². The maximum Gasteiger partial charge on any atom is 0.265 e. The Hall–Kier alpha value is -2.22. The van der Waals surface area contributed by atoms with Gasteiger partial charge in [0.15, 0.2) is 6.10 Å². The number of ether oxygens (including phenoxy) is 1. The summed E-state index contributed by atoms with van der Waals surface area (Å²) >= 11 is 12.0. The molecule has 1 N–H and O–H groups in total. The van der Waals surface area contributed by atoms with Crippen LogP contribution in [0.5, 0.6) is 5.75 Å². The van der Waals surface area contributed by atoms with Crippen LogP contribution in [0.2, 0.25) is 10.0 Å². The Morgan fingerprint density at radius 1 is 1.23 bits per heavy atom. The van der Waals surface area contributed by atoms with E-state index in [9.17, 15) is 4.79 Å². The number of nitrogens with zero attached hydrogens (tertiary/aromatic N) is 1. The molecule has 0 unspecified atom stereocenters. The first kappa shape index (κ1) is 16.2. The molecule has 6 heteroatoms. The molecule has 2 aromatic carbocycles. The highest BCUT2D eigenvalue weighted by Gasteiger charge is 2.17. The second kappa shape index (κ2) is 7.17. The monoisotopic (exact) mass is 334 g/mol. The zero-order chi connectivity index (χ0) is 16.1. The molecule has 0 aromatic heterocycles. The number of hydrogen-bond acceptors (Lipinski definition) is 3. The summed E-state index contributed by atoms with van der Waals surface area (Å²) in [7, 11) is 0. The molecule has 0 aliphatic rings. The first-order chi connectivity index (χ1) is 10.5. The van der Waals surface area contributed by atoms with Crippen LogP contribution in [0.25, 0.3) is 0 Å². The highest BCUT2D eigenvalue weighted by atomic mass is 35.5. The lowest BCUT2D eigenvalue weighted by atomic mass is 10.2. The van der Waals surface area contributed by atoms with Gasteiger partial charge >= 0.3 is 0 Å². The molecule has 0 saturated heterocycles. The zero-order valence-corrected chi connectivity index (χ0v) is 13.2. The Bertz CT molecular complexity index is 741. The highest BCUT2D eigenvalue weighted by molar-refractivity contribution is 6.33. The number of para-hydroxylation sites is 1. The molecular formula is C16H12Cl2N2O2. The molecule has 1 atom stereocenters. The molecule has 0 bridgehead atoms. The molecule has 1 amide bonds. The Morgan fingerprint density at radius 2 is 1.95 bits per heavy atom. The van der Waals surface area contributed by atoms with Gasteiger partial charge in [-0.05, 0) is 37.3 Å². The van der Waals surface area contributed by atoms with Crippen molar-refractivity contribution < 1.29 is 9.53 Å². The summed E-state index contributed by atoms with van der Waals surface area (Å²) in [6, 6.07) is 13.5. The number of rotatable bonds is 4. The van der Waals surface area contributed by atoms with Crippen LogP contribution in [-0.2, 0) is 4.79 Å². The van der Waals surface area contributed by atoms with E-state index in [4.69, 9.17) is 33.2 Å². The molecule has 0 aliphatic carbocycles. The standard InChI is InChI=1S/C16H12Cl2N2O2/c1-10(16(21)20-14-5-3-2-4-12(14)17)22-15-7-6-11(9-19)8-13(15)18/h2-8,10H,1H3,(H,20,21)/t10-/m0/s1. The predicted octanol–water partition coefficient (Wildman–Crippen LogP) is 4.27. The van der Waals surface area contributed by atoms with Crippen molar-refractivity contribution >= 4 is 34.8 Å². The van der Waals surface area contributed by atoms with Crippen molar-refractivity contribution in [3.63, 3.8) is 0 Å². The van der Waals surface area contributed by atoms with Crippen molar-refractivity contribution in [2.45, 2.75) is 13.0 Å². The summed E-state index contributed by atoms with van der Waals surface area (Å²) in [6.45, 7) is 1.60. The van der Waals surface area contributed by atoms with E-state index in [0.717, 1.165) is 0 Å². The van der Waals surface area contributed by atoms with Gasteiger partial charge in [-0.2, -0.15) is 5.26 Å². The third kappa shape index (κ3) is 3.91. The summed E-state index contributed by atoms with van der Waals surface area (Å²) in [4.78, 5) is 12.1. The van der Waals surface area contributed by atoms with Gasteiger partial charge < -0.3 is 10.1 Å². The third-order valence-corrected chi connectivity index (χ3v) is 3.49. The van der Waals surface area contributed by atoms with Crippen LogP contribution >= 0.6 is 23.2 Å². The average Bonchev–Trinajstić information content (AvgIpc) is 2.51. The molecule has 112 valence electrons. The Kier molecular flexibility index (Phi) is 5.26. The fourth-order valence-corrected chi connectivity index (χ4v) is 2.11. The van der Waals surface area contributed by atoms with Gasteiger partial charge in [0.25, 0.3) is 5.91 Å². The number of hydrogen-bond donors (Lipinski definition) is 1. The maximum atomic E-state index is 12.1. The minimum Gasteiger partial charge on any atom is -0.479 e. The van der Waals surface area contributed by atoms with E-state index in [2.05, 4.69) is 5.32 Å². The van der Waals surface area contributed by atoms with E-state index >= 15 is 0 Å². The second-order valence-electron chi connectivity index (χ2n) is 4.49. The lowest BCUT2D eigenvalue weighted by molar-refractivity contribution is -0.122. The van der Waals surface area contributed by atoms with E-state index in [0.29, 0.717) is 22.0 Å². The molecule has 0 saturated carbocycles. The fourth-order valence-electron chi connectivity index (χ4n) is 1.71. The van der Waals surface area contributed by atoms with Gasteiger partial charge in [0.2, 0.25) is 0 Å². The second-order valence-corrected chi connectivity index (χ2v) is 5.30. The minimum absolute atomic E-state index is 0.274. The molecule has 0 radical (unpaired) electrons. The Labute approximate surface area is 138 Å². The van der Waals surface area contributed by atoms with Crippen LogP contribution in [0, 0.1) is 11.3 Å². The number of amides is 1. The van der Waals surface area contributed by atoms with E-state index in [1.165, 1.54) is 6.07 Å². The van der Waals surface area contributed by atoms with Crippen molar-refractivity contribution in [3.05, 3.63) is 58.1 Å². The molecule has 2 aromatic rings. The van der Waals surface area contributed by atoms with Gasteiger partial charge in [0.1, 0.15) is 5.75 Å². The fraction of sp³-hybridized carbons (Fsp3) is 0.125. The van der Waals surface area contributed by atoms with Crippen molar-refractivity contribution in [2.24, 2.45) is 0 Å². The van der Waals surface area contributed by atoms with E-state index < -0.39 is 6.10 Å². The largest absolute Gasteiger partial charge is 0.479 e. The number of nitriles is 1. The van der Waals surface area contributed by atoms with Crippen LogP contribution in [0.4, 0.5) is 5.69 Å². The Balaban J connectivity index is 2.06. The highest BCUT2D eigenvalue weighted by Crippen LogP contribution is 2.27. The number of benzene rings is 2. The lowest BCUT2D eigenvalue weighted by Crippen LogP contribution is -2.30.